The third kappa shape index (κ3) is 7.23. The SMILES string of the molecule is CCCOc1ccc(C(=O)Oc2ccc(Br)cc2/C=N\NC(=O)c2cc(OC)c(OC)c(OC)c2)cc1. The monoisotopic (exact) mass is 570 g/mol. The zero-order chi connectivity index (χ0) is 26.8. The van der Waals surface area contributed by atoms with E-state index in [0.717, 1.165) is 10.9 Å². The van der Waals surface area contributed by atoms with Gasteiger partial charge in [0.2, 0.25) is 5.75 Å². The standard InChI is InChI=1S/C27H27BrN2O7/c1-5-12-36-21-9-6-17(7-10-21)27(32)37-22-11-8-20(28)13-19(22)16-29-30-26(31)18-14-23(33-2)25(35-4)24(15-18)34-3/h6-11,13-16H,5,12H2,1-4H3,(H,30,31)/b29-16-. The molecule has 0 unspecified atom stereocenters. The van der Waals surface area contributed by atoms with Crippen molar-refractivity contribution in [3.63, 3.8) is 0 Å². The van der Waals surface area contributed by atoms with Crippen LogP contribution < -0.4 is 29.1 Å². The highest BCUT2D eigenvalue weighted by Gasteiger charge is 2.17. The number of hydrogen-bond donors (Lipinski definition) is 1. The second-order valence-corrected chi connectivity index (χ2v) is 8.47. The topological polar surface area (TPSA) is 105 Å². The largest absolute Gasteiger partial charge is 0.494 e. The van der Waals surface area contributed by atoms with Crippen molar-refractivity contribution in [3.05, 3.63) is 75.8 Å². The van der Waals surface area contributed by atoms with Crippen molar-refractivity contribution in [1.29, 1.82) is 0 Å². The number of nitrogens with one attached hydrogen (secondary N) is 1. The molecule has 3 rings (SSSR count). The van der Waals surface area contributed by atoms with Crippen molar-refractivity contribution >= 4 is 34.0 Å². The van der Waals surface area contributed by atoms with Gasteiger partial charge in [-0.3, -0.25) is 4.79 Å². The van der Waals surface area contributed by atoms with Crippen LogP contribution in [0.25, 0.3) is 0 Å². The first kappa shape index (κ1) is 27.5. The lowest BCUT2D eigenvalue weighted by Crippen LogP contribution is -2.18. The van der Waals surface area contributed by atoms with E-state index in [0.29, 0.717) is 40.7 Å². The molecule has 0 saturated carbocycles. The molecule has 0 radical (unpaired) electrons. The molecule has 194 valence electrons. The Morgan fingerprint density at radius 2 is 1.57 bits per heavy atom. The molecule has 0 aromatic heterocycles. The number of hydrogen-bond acceptors (Lipinski definition) is 8. The van der Waals surface area contributed by atoms with Gasteiger partial charge < -0.3 is 23.7 Å². The van der Waals surface area contributed by atoms with Crippen molar-refractivity contribution < 1.29 is 33.3 Å². The number of amides is 1. The smallest absolute Gasteiger partial charge is 0.343 e. The zero-order valence-electron chi connectivity index (χ0n) is 20.9. The molecule has 37 heavy (non-hydrogen) atoms. The molecule has 1 N–H and O–H groups in total. The summed E-state index contributed by atoms with van der Waals surface area (Å²) in [6.07, 6.45) is 2.27. The van der Waals surface area contributed by atoms with Crippen molar-refractivity contribution in [2.24, 2.45) is 5.10 Å². The molecule has 0 atom stereocenters. The fraction of sp³-hybridized carbons (Fsp3) is 0.222. The minimum atomic E-state index is -0.541. The molecule has 10 heteroatoms. The fourth-order valence-corrected chi connectivity index (χ4v) is 3.60. The van der Waals surface area contributed by atoms with E-state index in [2.05, 4.69) is 26.5 Å². The van der Waals surface area contributed by atoms with Crippen LogP contribution in [0.5, 0.6) is 28.7 Å². The van der Waals surface area contributed by atoms with Crippen molar-refractivity contribution in [1.82, 2.24) is 5.43 Å². The lowest BCUT2D eigenvalue weighted by atomic mass is 10.1. The van der Waals surface area contributed by atoms with E-state index in [-0.39, 0.29) is 11.3 Å². The number of hydrazone groups is 1. The lowest BCUT2D eigenvalue weighted by Gasteiger charge is -2.13. The number of carbonyl (C=O) groups excluding carboxylic acids is 2. The molecule has 3 aromatic rings. The molecule has 9 nitrogen and oxygen atoms in total. The van der Waals surface area contributed by atoms with Gasteiger partial charge in [-0.1, -0.05) is 22.9 Å². The minimum absolute atomic E-state index is 0.249. The number of esters is 1. The van der Waals surface area contributed by atoms with E-state index in [1.54, 1.807) is 42.5 Å². The number of nitrogens with zero attached hydrogens (tertiary/aromatic N) is 1. The summed E-state index contributed by atoms with van der Waals surface area (Å²) in [7, 11) is 4.40. The maximum Gasteiger partial charge on any atom is 0.343 e. The molecule has 0 spiro atoms. The second-order valence-electron chi connectivity index (χ2n) is 7.56. The third-order valence-electron chi connectivity index (χ3n) is 5.03. The third-order valence-corrected chi connectivity index (χ3v) is 5.53. The van der Waals surface area contributed by atoms with Gasteiger partial charge in [0, 0.05) is 15.6 Å². The van der Waals surface area contributed by atoms with Crippen LogP contribution in [0.15, 0.2) is 64.2 Å². The molecular formula is C27H27BrN2O7. The average Bonchev–Trinajstić information content (AvgIpc) is 2.92. The molecule has 0 aliphatic rings. The number of benzene rings is 3. The fourth-order valence-electron chi connectivity index (χ4n) is 3.22. The molecular weight excluding hydrogens is 544 g/mol. The van der Waals surface area contributed by atoms with Crippen LogP contribution in [0, 0.1) is 0 Å². The van der Waals surface area contributed by atoms with Gasteiger partial charge in [0.05, 0.1) is 39.7 Å². The Morgan fingerprint density at radius 3 is 2.16 bits per heavy atom. The van der Waals surface area contributed by atoms with Gasteiger partial charge in [-0.2, -0.15) is 5.10 Å². The summed E-state index contributed by atoms with van der Waals surface area (Å²) in [5, 5.41) is 4.03. The number of methoxy groups -OCH3 is 3. The van der Waals surface area contributed by atoms with Crippen LogP contribution >= 0.6 is 15.9 Å². The Kier molecular flexibility index (Phi) is 9.91. The number of ether oxygens (including phenoxy) is 5. The molecule has 0 aliphatic carbocycles. The van der Waals surface area contributed by atoms with Crippen LogP contribution in [0.2, 0.25) is 0 Å². The van der Waals surface area contributed by atoms with Gasteiger partial charge in [0.25, 0.3) is 5.91 Å². The van der Waals surface area contributed by atoms with E-state index in [4.69, 9.17) is 23.7 Å². The number of halogens is 1. The highest BCUT2D eigenvalue weighted by Crippen LogP contribution is 2.38. The van der Waals surface area contributed by atoms with Gasteiger partial charge in [-0.25, -0.2) is 10.2 Å². The first-order valence-electron chi connectivity index (χ1n) is 11.3. The Balaban J connectivity index is 1.74. The van der Waals surface area contributed by atoms with Gasteiger partial charge >= 0.3 is 5.97 Å². The van der Waals surface area contributed by atoms with E-state index < -0.39 is 11.9 Å². The number of carbonyl (C=O) groups is 2. The van der Waals surface area contributed by atoms with Crippen LogP contribution in [-0.2, 0) is 0 Å². The highest BCUT2D eigenvalue weighted by molar-refractivity contribution is 9.10. The Morgan fingerprint density at radius 1 is 0.892 bits per heavy atom. The highest BCUT2D eigenvalue weighted by atomic mass is 79.9. The normalized spacial score (nSPS) is 10.6. The summed E-state index contributed by atoms with van der Waals surface area (Å²) >= 11 is 3.40. The van der Waals surface area contributed by atoms with Crippen molar-refractivity contribution in [2.75, 3.05) is 27.9 Å². The maximum atomic E-state index is 12.7. The number of rotatable bonds is 11. The molecule has 0 bridgehead atoms. The van der Waals surface area contributed by atoms with Crippen LogP contribution in [0.3, 0.4) is 0 Å². The molecule has 3 aromatic carbocycles. The van der Waals surface area contributed by atoms with Gasteiger partial charge in [-0.15, -0.1) is 0 Å². The first-order valence-corrected chi connectivity index (χ1v) is 12.1. The van der Waals surface area contributed by atoms with E-state index in [1.165, 1.54) is 39.7 Å². The molecule has 0 aliphatic heterocycles. The average molecular weight is 571 g/mol. The minimum Gasteiger partial charge on any atom is -0.494 e. The van der Waals surface area contributed by atoms with E-state index in [1.807, 2.05) is 6.92 Å². The van der Waals surface area contributed by atoms with Crippen LogP contribution in [0.1, 0.15) is 39.6 Å². The molecule has 1 amide bonds. The maximum absolute atomic E-state index is 12.7. The second kappa shape index (κ2) is 13.3. The quantitative estimate of drug-likeness (QED) is 0.145. The zero-order valence-corrected chi connectivity index (χ0v) is 22.5. The summed E-state index contributed by atoms with van der Waals surface area (Å²) in [6, 6.07) is 14.8. The molecule has 0 heterocycles. The van der Waals surface area contributed by atoms with Crippen molar-refractivity contribution in [2.45, 2.75) is 13.3 Å². The van der Waals surface area contributed by atoms with E-state index >= 15 is 0 Å². The predicted octanol–water partition coefficient (Wildman–Crippen LogP) is 5.25. The summed E-state index contributed by atoms with van der Waals surface area (Å²) in [5.41, 5.74) is 3.53. The summed E-state index contributed by atoms with van der Waals surface area (Å²) in [4.78, 5) is 25.4. The van der Waals surface area contributed by atoms with Crippen molar-refractivity contribution in [3.8, 4) is 28.7 Å². The summed E-state index contributed by atoms with van der Waals surface area (Å²) in [5.74, 6) is 0.941. The summed E-state index contributed by atoms with van der Waals surface area (Å²) < 4.78 is 27.7. The summed E-state index contributed by atoms with van der Waals surface area (Å²) in [6.45, 7) is 2.62. The van der Waals surface area contributed by atoms with Crippen LogP contribution in [0.4, 0.5) is 0 Å². The van der Waals surface area contributed by atoms with Gasteiger partial charge in [-0.05, 0) is 61.0 Å². The first-order chi connectivity index (χ1) is 17.9. The Hall–Kier alpha value is -4.05. The van der Waals surface area contributed by atoms with E-state index in [9.17, 15) is 9.59 Å². The van der Waals surface area contributed by atoms with Gasteiger partial charge in [0.1, 0.15) is 11.5 Å². The lowest BCUT2D eigenvalue weighted by molar-refractivity contribution is 0.0734. The van der Waals surface area contributed by atoms with Crippen LogP contribution in [-0.4, -0.2) is 46.0 Å². The molecule has 0 saturated heterocycles. The molecule has 0 fully saturated rings. The van der Waals surface area contributed by atoms with Gasteiger partial charge in [0.15, 0.2) is 11.5 Å². The predicted molar refractivity (Wildman–Crippen MR) is 142 cm³/mol. The Bertz CT molecular complexity index is 1250. The Labute approximate surface area is 223 Å².